The van der Waals surface area contributed by atoms with Gasteiger partial charge in [0.05, 0.1) is 14.2 Å². The molecule has 1 heterocycles. The summed E-state index contributed by atoms with van der Waals surface area (Å²) in [4.78, 5) is 28.0. The molecule has 0 spiro atoms. The quantitative estimate of drug-likeness (QED) is 0.265. The predicted octanol–water partition coefficient (Wildman–Crippen LogP) is 3.89. The van der Waals surface area contributed by atoms with E-state index in [9.17, 15) is 9.59 Å². The molecule has 0 N–H and O–H groups in total. The molecule has 0 aromatic heterocycles. The number of nitrogens with zero attached hydrogens (tertiary/aromatic N) is 1. The highest BCUT2D eigenvalue weighted by Gasteiger charge is 2.25. The second-order valence-electron chi connectivity index (χ2n) is 6.15. The summed E-state index contributed by atoms with van der Waals surface area (Å²) in [5.41, 5.74) is 2.50. The predicted molar refractivity (Wildman–Crippen MR) is 115 cm³/mol. The number of esters is 2. The molecule has 0 saturated carbocycles. The summed E-state index contributed by atoms with van der Waals surface area (Å²) in [5, 5.41) is 0. The number of aryl methyl sites for hydroxylation is 1. The fraction of sp³-hybridized carbons (Fsp3) is 0.190. The van der Waals surface area contributed by atoms with E-state index in [-0.39, 0.29) is 28.8 Å². The highest BCUT2D eigenvalue weighted by molar-refractivity contribution is 14.1. The zero-order chi connectivity index (χ0) is 21.1. The summed E-state index contributed by atoms with van der Waals surface area (Å²) in [6.45, 7) is 3.26. The lowest BCUT2D eigenvalue weighted by atomic mass is 10.1. The monoisotopic (exact) mass is 507 g/mol. The second-order valence-corrected chi connectivity index (χ2v) is 7.31. The third kappa shape index (κ3) is 4.58. The van der Waals surface area contributed by atoms with E-state index >= 15 is 0 Å². The Balaban J connectivity index is 2.00. The van der Waals surface area contributed by atoms with Crippen molar-refractivity contribution in [3.63, 3.8) is 0 Å². The molecule has 0 radical (unpaired) electrons. The van der Waals surface area contributed by atoms with Gasteiger partial charge in [-0.1, -0.05) is 0 Å². The molecule has 8 heteroatoms. The molecule has 0 unspecified atom stereocenters. The van der Waals surface area contributed by atoms with Crippen LogP contribution in [0, 0.1) is 10.5 Å². The van der Waals surface area contributed by atoms with Gasteiger partial charge in [-0.25, -0.2) is 9.79 Å². The first-order chi connectivity index (χ1) is 13.8. The average Bonchev–Trinajstić information content (AvgIpc) is 3.04. The number of carbonyl (C=O) groups excluding carboxylic acids is 2. The number of halogens is 1. The third-order valence-corrected chi connectivity index (χ3v) is 5.27. The van der Waals surface area contributed by atoms with Crippen molar-refractivity contribution in [3.05, 3.63) is 56.3 Å². The van der Waals surface area contributed by atoms with Crippen LogP contribution >= 0.6 is 22.6 Å². The van der Waals surface area contributed by atoms with E-state index in [1.54, 1.807) is 18.2 Å². The van der Waals surface area contributed by atoms with E-state index in [2.05, 4.69) is 27.6 Å². The van der Waals surface area contributed by atoms with Gasteiger partial charge in [-0.05, 0) is 77.0 Å². The second kappa shape index (κ2) is 8.64. The first-order valence-electron chi connectivity index (χ1n) is 8.56. The van der Waals surface area contributed by atoms with Crippen LogP contribution in [0.4, 0.5) is 0 Å². The summed E-state index contributed by atoms with van der Waals surface area (Å²) >= 11 is 2.24. The SMILES string of the molecule is COc1cc(/C=C2\N=C(c3ccc(I)c(C)c3)OC2=O)cc(OC)c1OC(C)=O. The number of ether oxygens (including phenoxy) is 4. The number of aliphatic imine (C=N–C) groups is 1. The van der Waals surface area contributed by atoms with Crippen LogP contribution in [0.3, 0.4) is 0 Å². The number of carbonyl (C=O) groups is 2. The van der Waals surface area contributed by atoms with Crippen LogP contribution in [-0.2, 0) is 14.3 Å². The standard InChI is InChI=1S/C21H18INO6/c1-11-7-14(5-6-15(11)22)20-23-16(21(25)29-20)8-13-9-17(26-3)19(28-12(2)24)18(10-13)27-4/h5-10H,1-4H3/b16-8-. The highest BCUT2D eigenvalue weighted by Crippen LogP contribution is 2.39. The Kier molecular flexibility index (Phi) is 6.21. The number of hydrogen-bond acceptors (Lipinski definition) is 7. The fourth-order valence-electron chi connectivity index (χ4n) is 2.70. The van der Waals surface area contributed by atoms with Crippen LogP contribution < -0.4 is 14.2 Å². The lowest BCUT2D eigenvalue weighted by Crippen LogP contribution is -2.06. The van der Waals surface area contributed by atoms with Crippen molar-refractivity contribution in [3.8, 4) is 17.2 Å². The topological polar surface area (TPSA) is 83.4 Å². The molecule has 0 aliphatic carbocycles. The smallest absolute Gasteiger partial charge is 0.363 e. The summed E-state index contributed by atoms with van der Waals surface area (Å²) in [7, 11) is 2.88. The van der Waals surface area contributed by atoms with Crippen LogP contribution in [0.2, 0.25) is 0 Å². The molecule has 0 saturated heterocycles. The molecule has 2 aromatic rings. The first-order valence-corrected chi connectivity index (χ1v) is 9.63. The molecule has 0 fully saturated rings. The molecule has 150 valence electrons. The van der Waals surface area contributed by atoms with E-state index in [1.165, 1.54) is 21.1 Å². The molecule has 0 amide bonds. The van der Waals surface area contributed by atoms with E-state index in [1.807, 2.05) is 25.1 Å². The Bertz CT molecular complexity index is 1030. The van der Waals surface area contributed by atoms with Gasteiger partial charge in [0.25, 0.3) is 0 Å². The molecular weight excluding hydrogens is 489 g/mol. The largest absolute Gasteiger partial charge is 0.493 e. The van der Waals surface area contributed by atoms with Gasteiger partial charge in [-0.15, -0.1) is 0 Å². The van der Waals surface area contributed by atoms with Gasteiger partial charge in [0.15, 0.2) is 17.2 Å². The van der Waals surface area contributed by atoms with Crippen molar-refractivity contribution in [2.75, 3.05) is 14.2 Å². The Hall–Kier alpha value is -2.88. The van der Waals surface area contributed by atoms with Crippen molar-refractivity contribution in [2.24, 2.45) is 4.99 Å². The minimum atomic E-state index is -0.557. The zero-order valence-corrected chi connectivity index (χ0v) is 18.4. The number of methoxy groups -OCH3 is 2. The maximum Gasteiger partial charge on any atom is 0.363 e. The molecule has 2 aromatic carbocycles. The maximum absolute atomic E-state index is 12.3. The minimum Gasteiger partial charge on any atom is -0.493 e. The fourth-order valence-corrected chi connectivity index (χ4v) is 3.03. The molecule has 3 rings (SSSR count). The molecule has 1 aliphatic rings. The van der Waals surface area contributed by atoms with Gasteiger partial charge in [-0.2, -0.15) is 0 Å². The van der Waals surface area contributed by atoms with Crippen molar-refractivity contribution in [2.45, 2.75) is 13.8 Å². The van der Waals surface area contributed by atoms with Crippen molar-refractivity contribution in [1.82, 2.24) is 0 Å². The van der Waals surface area contributed by atoms with E-state index < -0.39 is 11.9 Å². The van der Waals surface area contributed by atoms with Crippen molar-refractivity contribution < 1.29 is 28.5 Å². The summed E-state index contributed by atoms with van der Waals surface area (Å²) in [6, 6.07) is 8.93. The van der Waals surface area contributed by atoms with Gasteiger partial charge in [0.1, 0.15) is 0 Å². The Labute approximate surface area is 181 Å². The average molecular weight is 507 g/mol. The molecule has 29 heavy (non-hydrogen) atoms. The maximum atomic E-state index is 12.3. The Morgan fingerprint density at radius 2 is 1.79 bits per heavy atom. The van der Waals surface area contributed by atoms with Crippen LogP contribution in [0.5, 0.6) is 17.2 Å². The van der Waals surface area contributed by atoms with Crippen LogP contribution in [0.1, 0.15) is 23.6 Å². The molecule has 0 atom stereocenters. The minimum absolute atomic E-state index is 0.139. The van der Waals surface area contributed by atoms with Crippen molar-refractivity contribution in [1.29, 1.82) is 0 Å². The van der Waals surface area contributed by atoms with E-state index in [4.69, 9.17) is 18.9 Å². The lowest BCUT2D eigenvalue weighted by molar-refractivity contribution is -0.132. The molecule has 0 bridgehead atoms. The van der Waals surface area contributed by atoms with Crippen molar-refractivity contribution >= 4 is 46.5 Å². The van der Waals surface area contributed by atoms with Gasteiger partial charge >= 0.3 is 11.9 Å². The molecular formula is C21H18INO6. The zero-order valence-electron chi connectivity index (χ0n) is 16.2. The number of benzene rings is 2. The number of hydrogen-bond donors (Lipinski definition) is 0. The lowest BCUT2D eigenvalue weighted by Gasteiger charge is -2.13. The Morgan fingerprint density at radius 3 is 2.34 bits per heavy atom. The van der Waals surface area contributed by atoms with Crippen LogP contribution in [0.15, 0.2) is 41.0 Å². The summed E-state index contributed by atoms with van der Waals surface area (Å²) < 4.78 is 22.2. The third-order valence-electron chi connectivity index (χ3n) is 4.06. The summed E-state index contributed by atoms with van der Waals surface area (Å²) in [6.07, 6.45) is 1.55. The normalized spacial score (nSPS) is 14.4. The van der Waals surface area contributed by atoms with Gasteiger partial charge in [0.2, 0.25) is 11.6 Å². The number of cyclic esters (lactones) is 1. The van der Waals surface area contributed by atoms with Gasteiger partial charge < -0.3 is 18.9 Å². The number of rotatable bonds is 5. The van der Waals surface area contributed by atoms with Gasteiger partial charge in [-0.3, -0.25) is 4.79 Å². The van der Waals surface area contributed by atoms with Crippen LogP contribution in [0.25, 0.3) is 6.08 Å². The van der Waals surface area contributed by atoms with Gasteiger partial charge in [0, 0.05) is 16.1 Å². The van der Waals surface area contributed by atoms with Crippen LogP contribution in [-0.4, -0.2) is 32.1 Å². The summed E-state index contributed by atoms with van der Waals surface area (Å²) in [5.74, 6) is -0.0776. The Morgan fingerprint density at radius 1 is 1.14 bits per heavy atom. The molecule has 1 aliphatic heterocycles. The highest BCUT2D eigenvalue weighted by atomic mass is 127. The molecule has 7 nitrogen and oxygen atoms in total. The van der Waals surface area contributed by atoms with E-state index in [0.717, 1.165) is 14.7 Å². The van der Waals surface area contributed by atoms with E-state index in [0.29, 0.717) is 5.56 Å². The first kappa shape index (κ1) is 20.8.